The molecule has 0 saturated heterocycles. The van der Waals surface area contributed by atoms with Crippen molar-refractivity contribution in [2.45, 2.75) is 0 Å². The van der Waals surface area contributed by atoms with Crippen LogP contribution in [0, 0.1) is 0 Å². The molecule has 20 heavy (non-hydrogen) atoms. The van der Waals surface area contributed by atoms with Crippen LogP contribution in [0.2, 0.25) is 0 Å². The summed E-state index contributed by atoms with van der Waals surface area (Å²) in [5, 5.41) is 4.20. The van der Waals surface area contributed by atoms with Crippen LogP contribution in [0.1, 0.15) is 20.9 Å². The number of thiophene rings is 2. The van der Waals surface area contributed by atoms with Crippen LogP contribution in [-0.2, 0) is 0 Å². The lowest BCUT2D eigenvalue weighted by Gasteiger charge is -1.99. The van der Waals surface area contributed by atoms with Crippen LogP contribution in [0.4, 0.5) is 0 Å². The van der Waals surface area contributed by atoms with Crippen molar-refractivity contribution in [1.29, 1.82) is 0 Å². The van der Waals surface area contributed by atoms with Crippen molar-refractivity contribution >= 4 is 47.0 Å². The number of hydrogen-bond donors (Lipinski definition) is 0. The Morgan fingerprint density at radius 3 is 1.45 bits per heavy atom. The lowest BCUT2D eigenvalue weighted by molar-refractivity contribution is 1.62. The van der Waals surface area contributed by atoms with Crippen molar-refractivity contribution < 1.29 is 0 Å². The van der Waals surface area contributed by atoms with Crippen molar-refractivity contribution in [3.05, 3.63) is 80.2 Å². The van der Waals surface area contributed by atoms with Crippen LogP contribution in [0.15, 0.2) is 59.3 Å². The van der Waals surface area contributed by atoms with E-state index in [-0.39, 0.29) is 0 Å². The summed E-state index contributed by atoms with van der Waals surface area (Å²) in [6.07, 6.45) is 8.70. The number of hydrogen-bond acceptors (Lipinski definition) is 2. The third-order valence-electron chi connectivity index (χ3n) is 2.94. The second-order valence-corrected chi connectivity index (χ2v) is 6.28. The van der Waals surface area contributed by atoms with Crippen LogP contribution >= 0.6 is 22.7 Å². The number of benzene rings is 1. The molecule has 0 radical (unpaired) electrons. The molecular formula is C18H14S2. The Hall–Kier alpha value is -1.90. The highest BCUT2D eigenvalue weighted by Crippen LogP contribution is 2.19. The molecule has 2 heterocycles. The molecule has 0 spiro atoms. The van der Waals surface area contributed by atoms with E-state index in [4.69, 9.17) is 0 Å². The minimum absolute atomic E-state index is 1.24. The lowest BCUT2D eigenvalue weighted by Crippen LogP contribution is -1.78. The van der Waals surface area contributed by atoms with Gasteiger partial charge in [0.15, 0.2) is 0 Å². The minimum Gasteiger partial charge on any atom is -0.144 e. The predicted molar refractivity (Wildman–Crippen MR) is 92.9 cm³/mol. The summed E-state index contributed by atoms with van der Waals surface area (Å²) in [4.78, 5) is 2.56. The highest BCUT2D eigenvalue weighted by Gasteiger charge is 1.95. The minimum atomic E-state index is 1.24. The van der Waals surface area contributed by atoms with Crippen molar-refractivity contribution in [1.82, 2.24) is 0 Å². The third-order valence-corrected chi connectivity index (χ3v) is 4.61. The van der Waals surface area contributed by atoms with Crippen LogP contribution < -0.4 is 0 Å². The van der Waals surface area contributed by atoms with Crippen LogP contribution in [-0.4, -0.2) is 0 Å². The monoisotopic (exact) mass is 294 g/mol. The maximum atomic E-state index is 2.18. The SMILES string of the molecule is C(=C\c1ccccc1/C=C/c1cccs1)/c1cccs1. The molecule has 0 saturated carbocycles. The van der Waals surface area contributed by atoms with Crippen molar-refractivity contribution in [3.63, 3.8) is 0 Å². The summed E-state index contributed by atoms with van der Waals surface area (Å²) in [6, 6.07) is 16.9. The smallest absolute Gasteiger partial charge is 0.0270 e. The Kier molecular flexibility index (Phi) is 4.26. The first-order valence-corrected chi connectivity index (χ1v) is 8.20. The van der Waals surface area contributed by atoms with E-state index in [1.54, 1.807) is 22.7 Å². The van der Waals surface area contributed by atoms with Gasteiger partial charge in [0.1, 0.15) is 0 Å². The Bertz CT molecular complexity index is 638. The van der Waals surface area contributed by atoms with E-state index < -0.39 is 0 Å². The van der Waals surface area contributed by atoms with Gasteiger partial charge >= 0.3 is 0 Å². The summed E-state index contributed by atoms with van der Waals surface area (Å²) >= 11 is 3.51. The lowest BCUT2D eigenvalue weighted by atomic mass is 10.1. The molecule has 98 valence electrons. The average molecular weight is 294 g/mol. The molecular weight excluding hydrogens is 280 g/mol. The van der Waals surface area contributed by atoms with Gasteiger partial charge in [-0.25, -0.2) is 0 Å². The van der Waals surface area contributed by atoms with Crippen molar-refractivity contribution in [2.24, 2.45) is 0 Å². The van der Waals surface area contributed by atoms with E-state index >= 15 is 0 Å². The van der Waals surface area contributed by atoms with Gasteiger partial charge in [-0.3, -0.25) is 0 Å². The summed E-state index contributed by atoms with van der Waals surface area (Å²) < 4.78 is 0. The van der Waals surface area contributed by atoms with Gasteiger partial charge in [0, 0.05) is 9.75 Å². The van der Waals surface area contributed by atoms with Crippen molar-refractivity contribution in [3.8, 4) is 0 Å². The van der Waals surface area contributed by atoms with Crippen LogP contribution in [0.3, 0.4) is 0 Å². The zero-order valence-corrected chi connectivity index (χ0v) is 12.5. The van der Waals surface area contributed by atoms with Gasteiger partial charge in [0.05, 0.1) is 0 Å². The Morgan fingerprint density at radius 1 is 0.550 bits per heavy atom. The molecule has 2 aromatic heterocycles. The van der Waals surface area contributed by atoms with E-state index in [9.17, 15) is 0 Å². The fourth-order valence-corrected chi connectivity index (χ4v) is 3.17. The van der Waals surface area contributed by atoms with E-state index in [0.717, 1.165) is 0 Å². The Labute approximate surface area is 127 Å². The molecule has 0 unspecified atom stereocenters. The molecule has 3 rings (SSSR count). The first kappa shape index (κ1) is 13.1. The molecule has 0 aliphatic rings. The molecule has 0 aliphatic carbocycles. The highest BCUT2D eigenvalue weighted by atomic mass is 32.1. The second kappa shape index (κ2) is 6.51. The highest BCUT2D eigenvalue weighted by molar-refractivity contribution is 7.11. The molecule has 0 aliphatic heterocycles. The fourth-order valence-electron chi connectivity index (χ4n) is 1.93. The summed E-state index contributed by atoms with van der Waals surface area (Å²) in [7, 11) is 0. The first-order chi connectivity index (χ1) is 9.92. The van der Waals surface area contributed by atoms with E-state index in [2.05, 4.69) is 83.6 Å². The first-order valence-electron chi connectivity index (χ1n) is 6.44. The van der Waals surface area contributed by atoms with Crippen molar-refractivity contribution in [2.75, 3.05) is 0 Å². The largest absolute Gasteiger partial charge is 0.144 e. The quantitative estimate of drug-likeness (QED) is 0.541. The van der Waals surface area contributed by atoms with Gasteiger partial charge in [0.2, 0.25) is 0 Å². The predicted octanol–water partition coefficient (Wildman–Crippen LogP) is 6.15. The second-order valence-electron chi connectivity index (χ2n) is 4.33. The summed E-state index contributed by atoms with van der Waals surface area (Å²) in [5.41, 5.74) is 2.49. The van der Waals surface area contributed by atoms with Gasteiger partial charge < -0.3 is 0 Å². The van der Waals surface area contributed by atoms with Gasteiger partial charge in [-0.05, 0) is 46.2 Å². The zero-order valence-electron chi connectivity index (χ0n) is 10.9. The molecule has 2 heteroatoms. The van der Waals surface area contributed by atoms with Gasteiger partial charge in [-0.1, -0.05) is 48.6 Å². The molecule has 0 nitrogen and oxygen atoms in total. The molecule has 0 N–H and O–H groups in total. The molecule has 0 amide bonds. The fraction of sp³-hybridized carbons (Fsp3) is 0. The topological polar surface area (TPSA) is 0 Å². The molecule has 1 aromatic carbocycles. The van der Waals surface area contributed by atoms with E-state index in [0.29, 0.717) is 0 Å². The van der Waals surface area contributed by atoms with E-state index in [1.165, 1.54) is 20.9 Å². The Balaban J connectivity index is 1.85. The molecule has 0 fully saturated rings. The maximum absolute atomic E-state index is 2.18. The normalized spacial score (nSPS) is 11.6. The molecule has 3 aromatic rings. The van der Waals surface area contributed by atoms with Gasteiger partial charge in [0.25, 0.3) is 0 Å². The van der Waals surface area contributed by atoms with Gasteiger partial charge in [-0.2, -0.15) is 0 Å². The van der Waals surface area contributed by atoms with Crippen LogP contribution in [0.25, 0.3) is 24.3 Å². The van der Waals surface area contributed by atoms with E-state index in [1.807, 2.05) is 0 Å². The zero-order chi connectivity index (χ0) is 13.6. The Morgan fingerprint density at radius 2 is 1.05 bits per heavy atom. The van der Waals surface area contributed by atoms with Crippen LogP contribution in [0.5, 0.6) is 0 Å². The van der Waals surface area contributed by atoms with Gasteiger partial charge in [-0.15, -0.1) is 22.7 Å². The third kappa shape index (κ3) is 3.35. The summed E-state index contributed by atoms with van der Waals surface area (Å²) in [6.45, 7) is 0. The molecule has 0 bridgehead atoms. The number of rotatable bonds is 4. The maximum Gasteiger partial charge on any atom is 0.0270 e. The summed E-state index contributed by atoms with van der Waals surface area (Å²) in [5.74, 6) is 0. The average Bonchev–Trinajstić information content (AvgIpc) is 3.17. The standard InChI is InChI=1S/C18H14S2/c1-2-6-16(10-12-18-8-4-14-20-18)15(5-1)9-11-17-7-3-13-19-17/h1-14H/b11-9+,12-10+. The molecule has 0 atom stereocenters.